The zero-order valence-electron chi connectivity index (χ0n) is 19.3. The van der Waals surface area contributed by atoms with Crippen LogP contribution in [-0.2, 0) is 23.1 Å². The van der Waals surface area contributed by atoms with E-state index in [1.54, 1.807) is 26.1 Å². The number of rotatable bonds is 7. The molecule has 34 heavy (non-hydrogen) atoms. The molecule has 1 N–H and O–H groups in total. The summed E-state index contributed by atoms with van der Waals surface area (Å²) in [5, 5.41) is 0.969. The topological polar surface area (TPSA) is 92.3 Å². The molecule has 174 valence electrons. The highest BCUT2D eigenvalue weighted by Crippen LogP contribution is 2.20. The smallest absolute Gasteiger partial charge is 0.254 e. The maximum absolute atomic E-state index is 13.1. The van der Waals surface area contributed by atoms with Gasteiger partial charge in [0.05, 0.1) is 17.0 Å². The molecular weight excluding hydrogens is 448 g/mol. The molecule has 0 bridgehead atoms. The van der Waals surface area contributed by atoms with E-state index >= 15 is 0 Å². The van der Waals surface area contributed by atoms with Crippen LogP contribution in [0, 0.1) is 13.8 Å². The Balaban J connectivity index is 1.54. The summed E-state index contributed by atoms with van der Waals surface area (Å²) in [5.41, 5.74) is 3.36. The Labute approximate surface area is 199 Å². The molecule has 0 aliphatic carbocycles. The van der Waals surface area contributed by atoms with E-state index in [1.165, 1.54) is 11.0 Å². The molecule has 0 saturated heterocycles. The number of aromatic nitrogens is 2. The fraction of sp³-hybridized carbons (Fsp3) is 0.192. The number of sulfonamides is 1. The minimum Gasteiger partial charge on any atom is -0.334 e. The summed E-state index contributed by atoms with van der Waals surface area (Å²) in [6, 6.07) is 21.7. The summed E-state index contributed by atoms with van der Waals surface area (Å²) >= 11 is 0. The highest BCUT2D eigenvalue weighted by Gasteiger charge is 2.21. The van der Waals surface area contributed by atoms with Gasteiger partial charge in [0.2, 0.25) is 10.0 Å². The molecular formula is C26H26N4O3S. The Morgan fingerprint density at radius 3 is 2.41 bits per heavy atom. The summed E-state index contributed by atoms with van der Waals surface area (Å²) < 4.78 is 28.6. The van der Waals surface area contributed by atoms with Crippen molar-refractivity contribution in [2.45, 2.75) is 31.8 Å². The molecule has 0 aliphatic rings. The summed E-state index contributed by atoms with van der Waals surface area (Å²) in [4.78, 5) is 23.8. The van der Waals surface area contributed by atoms with E-state index in [4.69, 9.17) is 0 Å². The first-order valence-electron chi connectivity index (χ1n) is 10.9. The van der Waals surface area contributed by atoms with Crippen LogP contribution < -0.4 is 4.72 Å². The second-order valence-electron chi connectivity index (χ2n) is 8.19. The molecule has 0 saturated carbocycles. The van der Waals surface area contributed by atoms with E-state index in [-0.39, 0.29) is 29.5 Å². The molecule has 4 rings (SSSR count). The van der Waals surface area contributed by atoms with Crippen LogP contribution in [0.3, 0.4) is 0 Å². The molecule has 3 aromatic carbocycles. The van der Waals surface area contributed by atoms with Crippen LogP contribution >= 0.6 is 0 Å². The van der Waals surface area contributed by atoms with E-state index in [0.717, 1.165) is 22.2 Å². The van der Waals surface area contributed by atoms with Gasteiger partial charge in [-0.05, 0) is 43.2 Å². The van der Waals surface area contributed by atoms with Crippen molar-refractivity contribution in [2.24, 2.45) is 0 Å². The summed E-state index contributed by atoms with van der Waals surface area (Å²) in [5.74, 6) is 0.213. The second kappa shape index (κ2) is 9.70. The minimum atomic E-state index is -3.81. The number of carbonyl (C=O) groups is 1. The maximum Gasteiger partial charge on any atom is 0.254 e. The van der Waals surface area contributed by atoms with Crippen LogP contribution in [0.25, 0.3) is 10.9 Å². The molecule has 1 aromatic heterocycles. The molecule has 8 heteroatoms. The van der Waals surface area contributed by atoms with Gasteiger partial charge in [0.25, 0.3) is 5.91 Å². The van der Waals surface area contributed by atoms with Crippen LogP contribution in [0.5, 0.6) is 0 Å². The number of nitrogens with one attached hydrogen (secondary N) is 1. The van der Waals surface area contributed by atoms with Crippen LogP contribution in [0.2, 0.25) is 0 Å². The highest BCUT2D eigenvalue weighted by atomic mass is 32.2. The van der Waals surface area contributed by atoms with Crippen molar-refractivity contribution in [3.63, 3.8) is 0 Å². The van der Waals surface area contributed by atoms with E-state index in [9.17, 15) is 13.2 Å². The van der Waals surface area contributed by atoms with Gasteiger partial charge in [0.1, 0.15) is 5.82 Å². The van der Waals surface area contributed by atoms with Crippen molar-refractivity contribution in [3.05, 3.63) is 101 Å². The number of hydrogen-bond acceptors (Lipinski definition) is 5. The van der Waals surface area contributed by atoms with E-state index in [2.05, 4.69) is 14.7 Å². The second-order valence-corrected chi connectivity index (χ2v) is 9.93. The van der Waals surface area contributed by atoms with Crippen molar-refractivity contribution >= 4 is 26.8 Å². The predicted octanol–water partition coefficient (Wildman–Crippen LogP) is 4.00. The molecule has 7 nitrogen and oxygen atoms in total. The lowest BCUT2D eigenvalue weighted by Gasteiger charge is -2.18. The van der Waals surface area contributed by atoms with E-state index < -0.39 is 10.0 Å². The summed E-state index contributed by atoms with van der Waals surface area (Å²) in [6.45, 7) is 3.99. The summed E-state index contributed by atoms with van der Waals surface area (Å²) in [7, 11) is -2.15. The molecule has 0 aliphatic heterocycles. The van der Waals surface area contributed by atoms with Gasteiger partial charge in [0, 0.05) is 30.2 Å². The number of aryl methyl sites for hydroxylation is 2. The number of amides is 1. The van der Waals surface area contributed by atoms with Gasteiger partial charge in [-0.3, -0.25) is 4.79 Å². The number of hydrogen-bond donors (Lipinski definition) is 1. The third kappa shape index (κ3) is 5.13. The highest BCUT2D eigenvalue weighted by molar-refractivity contribution is 7.89. The fourth-order valence-electron chi connectivity index (χ4n) is 3.74. The largest absolute Gasteiger partial charge is 0.334 e. The maximum atomic E-state index is 13.1. The number of carbonyl (C=O) groups excluding carboxylic acids is 1. The van der Waals surface area contributed by atoms with E-state index in [1.807, 2.05) is 61.5 Å². The van der Waals surface area contributed by atoms with Crippen LogP contribution in [-0.4, -0.2) is 36.2 Å². The Morgan fingerprint density at radius 1 is 0.941 bits per heavy atom. The fourth-order valence-corrected chi connectivity index (χ4v) is 5.03. The number of para-hydroxylation sites is 1. The first kappa shape index (κ1) is 23.5. The van der Waals surface area contributed by atoms with Crippen molar-refractivity contribution < 1.29 is 13.2 Å². The lowest BCUT2D eigenvalue weighted by molar-refractivity contribution is 0.0781. The normalized spacial score (nSPS) is 11.5. The number of benzene rings is 3. The molecule has 0 unspecified atom stereocenters. The monoisotopic (exact) mass is 474 g/mol. The molecule has 4 aromatic rings. The van der Waals surface area contributed by atoms with Crippen molar-refractivity contribution in [3.8, 4) is 0 Å². The van der Waals surface area contributed by atoms with Gasteiger partial charge in [-0.1, -0.05) is 54.6 Å². The predicted molar refractivity (Wildman–Crippen MR) is 132 cm³/mol. The Kier molecular flexibility index (Phi) is 6.72. The van der Waals surface area contributed by atoms with Crippen molar-refractivity contribution in [2.75, 3.05) is 7.05 Å². The number of nitrogens with zero attached hydrogens (tertiary/aromatic N) is 3. The standard InChI is InChI=1S/C26H26N4O3S/c1-18-13-14-21(15-24(18)34(32,33)27-16-20-9-5-4-6-10-20)26(31)30(3)17-25-28-19(2)22-11-7-8-12-23(22)29-25/h4-15,27H,16-17H2,1-3H3. The van der Waals surface area contributed by atoms with Gasteiger partial charge >= 0.3 is 0 Å². The van der Waals surface area contributed by atoms with Crippen LogP contribution in [0.1, 0.15) is 33.0 Å². The van der Waals surface area contributed by atoms with Crippen LogP contribution in [0.4, 0.5) is 0 Å². The molecule has 0 spiro atoms. The zero-order chi connectivity index (χ0) is 24.3. The molecule has 1 heterocycles. The molecule has 0 atom stereocenters. The van der Waals surface area contributed by atoms with Crippen molar-refractivity contribution in [1.29, 1.82) is 0 Å². The average molecular weight is 475 g/mol. The van der Waals surface area contributed by atoms with Gasteiger partial charge in [-0.2, -0.15) is 0 Å². The third-order valence-electron chi connectivity index (χ3n) is 5.60. The lowest BCUT2D eigenvalue weighted by atomic mass is 10.1. The Morgan fingerprint density at radius 2 is 1.65 bits per heavy atom. The molecule has 1 amide bonds. The molecule has 0 radical (unpaired) electrons. The zero-order valence-corrected chi connectivity index (χ0v) is 20.1. The van der Waals surface area contributed by atoms with Gasteiger partial charge in [-0.15, -0.1) is 0 Å². The average Bonchev–Trinajstić information content (AvgIpc) is 2.83. The Hall–Kier alpha value is -3.62. The van der Waals surface area contributed by atoms with Gasteiger partial charge < -0.3 is 4.90 Å². The van der Waals surface area contributed by atoms with Gasteiger partial charge in [0.15, 0.2) is 0 Å². The van der Waals surface area contributed by atoms with Crippen molar-refractivity contribution in [1.82, 2.24) is 19.6 Å². The Bertz CT molecular complexity index is 1450. The third-order valence-corrected chi connectivity index (χ3v) is 7.14. The SMILES string of the molecule is Cc1ccc(C(=O)N(C)Cc2nc(C)c3ccccc3n2)cc1S(=O)(=O)NCc1ccccc1. The van der Waals surface area contributed by atoms with E-state index in [0.29, 0.717) is 11.4 Å². The molecule has 0 fully saturated rings. The number of fused-ring (bicyclic) bond motifs is 1. The summed E-state index contributed by atoms with van der Waals surface area (Å²) in [6.07, 6.45) is 0. The minimum absolute atomic E-state index is 0.0838. The van der Waals surface area contributed by atoms with Gasteiger partial charge in [-0.25, -0.2) is 23.1 Å². The quantitative estimate of drug-likeness (QED) is 0.437. The first-order chi connectivity index (χ1) is 16.2. The first-order valence-corrected chi connectivity index (χ1v) is 12.3. The van der Waals surface area contributed by atoms with Crippen LogP contribution in [0.15, 0.2) is 77.7 Å². The lowest BCUT2D eigenvalue weighted by Crippen LogP contribution is -2.28.